The zero-order valence-corrected chi connectivity index (χ0v) is 26.3. The van der Waals surface area contributed by atoms with Crippen LogP contribution in [0.2, 0.25) is 0 Å². The number of carbonyl (C=O) groups excluding carboxylic acids is 1. The minimum Gasteiger partial charge on any atom is -0.400 e. The summed E-state index contributed by atoms with van der Waals surface area (Å²) in [5.74, 6) is -0.0609. The number of anilines is 1. The van der Waals surface area contributed by atoms with E-state index in [1.165, 1.54) is 31.7 Å². The van der Waals surface area contributed by atoms with E-state index in [9.17, 15) is 17.6 Å². The number of nitrogens with one attached hydrogen (secondary N) is 1. The lowest BCUT2D eigenvalue weighted by Gasteiger charge is -2.44. The van der Waals surface area contributed by atoms with Crippen LogP contribution < -0.4 is 10.2 Å². The normalized spacial score (nSPS) is 27.7. The Bertz CT molecular complexity index is 888. The lowest BCUT2D eigenvalue weighted by Crippen LogP contribution is -2.55. The molecule has 5 unspecified atom stereocenters. The van der Waals surface area contributed by atoms with Gasteiger partial charge in [-0.2, -0.15) is 13.2 Å². The maximum Gasteiger partial charge on any atom is 0.416 e. The molecule has 0 spiro atoms. The maximum absolute atomic E-state index is 13.5. The van der Waals surface area contributed by atoms with Gasteiger partial charge in [-0.25, -0.2) is 4.39 Å². The predicted molar refractivity (Wildman–Crippen MR) is 159 cm³/mol. The fraction of sp³-hybridized carbons (Fsp3) is 0.774. The third kappa shape index (κ3) is 11.7. The molecule has 2 heterocycles. The minimum absolute atomic E-state index is 0.0408. The molecule has 244 valence electrons. The first-order valence-corrected chi connectivity index (χ1v) is 14.9. The highest BCUT2D eigenvalue weighted by Crippen LogP contribution is 2.46. The standard InChI is InChI=1S/C15H29NO2.C14H18F4N2.CH4O.CH2O/c1-3-8-17-10-7-16-14-4-6-15(2,11-14)13-5-9-18-12-13;1-9-8-20(10(2)7-19(9)3)13-5-11(14(16,17)18)4-12(15)6-13;2*1-2/h13-14,16H,3-12H2,1-2H3;4-6,9-10H,7-8H2,1-3H3;2H,1H3;1H2. The third-order valence-corrected chi connectivity index (χ3v) is 8.56. The number of hydrogen-bond donors (Lipinski definition) is 2. The van der Waals surface area contributed by atoms with Crippen LogP contribution in [0.15, 0.2) is 18.2 Å². The SMILES string of the molecule is C=O.CC1CN(c2cc(F)cc(C(F)(F)F)c2)C(C)CN1C.CCCOCCNC1CCC(C)(C2CCOC2)C1.CO. The molecule has 7 nitrogen and oxygen atoms in total. The number of aliphatic hydroxyl groups excluding tert-OH is 1. The van der Waals surface area contributed by atoms with E-state index in [-0.39, 0.29) is 12.1 Å². The molecule has 1 aromatic rings. The van der Waals surface area contributed by atoms with Crippen LogP contribution in [-0.2, 0) is 20.4 Å². The van der Waals surface area contributed by atoms with E-state index < -0.39 is 17.6 Å². The number of hydrogen-bond acceptors (Lipinski definition) is 7. The van der Waals surface area contributed by atoms with Crippen molar-refractivity contribution in [2.75, 3.05) is 65.1 Å². The van der Waals surface area contributed by atoms with Crippen molar-refractivity contribution in [3.05, 3.63) is 29.6 Å². The molecule has 3 fully saturated rings. The third-order valence-electron chi connectivity index (χ3n) is 8.56. The van der Waals surface area contributed by atoms with E-state index >= 15 is 0 Å². The van der Waals surface area contributed by atoms with Gasteiger partial charge in [0.15, 0.2) is 0 Å². The van der Waals surface area contributed by atoms with Gasteiger partial charge in [0, 0.05) is 70.4 Å². The Morgan fingerprint density at radius 1 is 1.12 bits per heavy atom. The molecule has 11 heteroatoms. The van der Waals surface area contributed by atoms with E-state index in [1.807, 2.05) is 32.6 Å². The van der Waals surface area contributed by atoms with Gasteiger partial charge in [-0.05, 0) is 82.5 Å². The Labute approximate surface area is 249 Å². The van der Waals surface area contributed by atoms with Crippen molar-refractivity contribution in [2.45, 2.75) is 84.1 Å². The van der Waals surface area contributed by atoms with Crippen molar-refractivity contribution in [1.29, 1.82) is 0 Å². The Morgan fingerprint density at radius 3 is 2.40 bits per heavy atom. The summed E-state index contributed by atoms with van der Waals surface area (Å²) in [5.41, 5.74) is -0.130. The molecule has 2 aliphatic heterocycles. The summed E-state index contributed by atoms with van der Waals surface area (Å²) in [6.07, 6.45) is 1.84. The van der Waals surface area contributed by atoms with Crippen LogP contribution in [0.5, 0.6) is 0 Å². The Kier molecular flexibility index (Phi) is 17.1. The second kappa shape index (κ2) is 18.8. The molecule has 5 atom stereocenters. The summed E-state index contributed by atoms with van der Waals surface area (Å²) in [6, 6.07) is 3.68. The van der Waals surface area contributed by atoms with E-state index in [2.05, 4.69) is 24.1 Å². The first-order chi connectivity index (χ1) is 19.9. The molecule has 2 saturated heterocycles. The summed E-state index contributed by atoms with van der Waals surface area (Å²) in [5, 5.41) is 10.7. The number of halogens is 4. The predicted octanol–water partition coefficient (Wildman–Crippen LogP) is 5.39. The summed E-state index contributed by atoms with van der Waals surface area (Å²) in [7, 11) is 2.98. The van der Waals surface area contributed by atoms with Crippen molar-refractivity contribution in [2.24, 2.45) is 11.3 Å². The van der Waals surface area contributed by atoms with Gasteiger partial charge in [-0.1, -0.05) is 13.8 Å². The number of benzene rings is 1. The maximum atomic E-state index is 13.5. The van der Waals surface area contributed by atoms with Gasteiger partial charge in [0.25, 0.3) is 0 Å². The quantitative estimate of drug-likeness (QED) is 0.303. The van der Waals surface area contributed by atoms with Gasteiger partial charge in [0.2, 0.25) is 0 Å². The monoisotopic (exact) mass is 607 g/mol. The van der Waals surface area contributed by atoms with Crippen molar-refractivity contribution in [3.63, 3.8) is 0 Å². The smallest absolute Gasteiger partial charge is 0.400 e. The van der Waals surface area contributed by atoms with Crippen LogP contribution in [0.4, 0.5) is 23.2 Å². The number of aliphatic hydroxyl groups is 1. The molecule has 1 aliphatic carbocycles. The van der Waals surface area contributed by atoms with Gasteiger partial charge >= 0.3 is 6.18 Å². The van der Waals surface area contributed by atoms with Gasteiger partial charge in [0.1, 0.15) is 12.6 Å². The molecule has 1 aromatic carbocycles. The molecule has 0 bridgehead atoms. The van der Waals surface area contributed by atoms with E-state index in [0.717, 1.165) is 65.0 Å². The number of rotatable bonds is 8. The topological polar surface area (TPSA) is 74.3 Å². The highest BCUT2D eigenvalue weighted by atomic mass is 19.4. The summed E-state index contributed by atoms with van der Waals surface area (Å²) < 4.78 is 62.8. The van der Waals surface area contributed by atoms with Crippen LogP contribution in [0, 0.1) is 17.2 Å². The van der Waals surface area contributed by atoms with Crippen molar-refractivity contribution in [1.82, 2.24) is 10.2 Å². The van der Waals surface area contributed by atoms with E-state index in [0.29, 0.717) is 29.8 Å². The number of piperazine rings is 1. The molecular weight excluding hydrogens is 554 g/mol. The van der Waals surface area contributed by atoms with Crippen molar-refractivity contribution >= 4 is 12.5 Å². The van der Waals surface area contributed by atoms with Crippen LogP contribution in [0.3, 0.4) is 0 Å². The molecule has 0 radical (unpaired) electrons. The van der Waals surface area contributed by atoms with Gasteiger partial charge in [0.05, 0.1) is 12.2 Å². The number of carbonyl (C=O) groups is 1. The summed E-state index contributed by atoms with van der Waals surface area (Å²) in [4.78, 5) is 12.0. The van der Waals surface area contributed by atoms with Crippen LogP contribution in [-0.4, -0.2) is 95.1 Å². The molecule has 0 amide bonds. The van der Waals surface area contributed by atoms with Crippen LogP contribution in [0.25, 0.3) is 0 Å². The summed E-state index contributed by atoms with van der Waals surface area (Å²) >= 11 is 0. The molecule has 42 heavy (non-hydrogen) atoms. The first kappa shape index (κ1) is 38.2. The second-order valence-electron chi connectivity index (χ2n) is 11.7. The van der Waals surface area contributed by atoms with E-state index in [4.69, 9.17) is 19.4 Å². The average molecular weight is 608 g/mol. The molecule has 4 rings (SSSR count). The van der Waals surface area contributed by atoms with Crippen molar-refractivity contribution < 1.29 is 36.9 Å². The number of alkyl halides is 3. The molecule has 1 saturated carbocycles. The van der Waals surface area contributed by atoms with Gasteiger partial charge in [-0.3, -0.25) is 4.90 Å². The zero-order chi connectivity index (χ0) is 31.9. The van der Waals surface area contributed by atoms with E-state index in [1.54, 1.807) is 0 Å². The molecular formula is C31H53F4N3O4. The number of nitrogens with zero attached hydrogens (tertiary/aromatic N) is 2. The Hall–Kier alpha value is -1.79. The molecule has 0 aromatic heterocycles. The highest BCUT2D eigenvalue weighted by molar-refractivity contribution is 5.51. The molecule has 2 N–H and O–H groups in total. The average Bonchev–Trinajstić information content (AvgIpc) is 3.64. The number of likely N-dealkylation sites (N-methyl/N-ethyl adjacent to an activating group) is 1. The largest absolute Gasteiger partial charge is 0.416 e. The zero-order valence-electron chi connectivity index (χ0n) is 26.3. The highest BCUT2D eigenvalue weighted by Gasteiger charge is 2.42. The van der Waals surface area contributed by atoms with Crippen molar-refractivity contribution in [3.8, 4) is 0 Å². The number of ether oxygens (including phenoxy) is 2. The lowest BCUT2D eigenvalue weighted by atomic mass is 9.75. The van der Waals surface area contributed by atoms with Gasteiger partial charge in [-0.15, -0.1) is 0 Å². The Morgan fingerprint density at radius 2 is 1.81 bits per heavy atom. The lowest BCUT2D eigenvalue weighted by molar-refractivity contribution is -0.137. The fourth-order valence-electron chi connectivity index (χ4n) is 6.04. The summed E-state index contributed by atoms with van der Waals surface area (Å²) in [6.45, 7) is 16.6. The minimum atomic E-state index is -4.53. The Balaban J connectivity index is 0.000000377. The first-order valence-electron chi connectivity index (χ1n) is 14.9. The van der Waals surface area contributed by atoms with Crippen LogP contribution >= 0.6 is 0 Å². The fourth-order valence-corrected chi connectivity index (χ4v) is 6.04. The van der Waals surface area contributed by atoms with Gasteiger partial charge < -0.3 is 29.6 Å². The second-order valence-corrected chi connectivity index (χ2v) is 11.7. The van der Waals surface area contributed by atoms with Crippen LogP contribution in [0.1, 0.15) is 65.4 Å². The molecule has 3 aliphatic rings.